The Morgan fingerprint density at radius 2 is 2.36 bits per heavy atom. The van der Waals surface area contributed by atoms with E-state index in [9.17, 15) is 9.18 Å². The first-order valence-electron chi connectivity index (χ1n) is 3.61. The van der Waals surface area contributed by atoms with Crippen molar-refractivity contribution >= 4 is 5.91 Å². The van der Waals surface area contributed by atoms with Crippen molar-refractivity contribution in [2.75, 3.05) is 6.61 Å². The zero-order valence-corrected chi connectivity index (χ0v) is 6.60. The molecule has 3 nitrogen and oxygen atoms in total. The number of carbonyl (C=O) groups is 1. The molecule has 1 aliphatic rings. The van der Waals surface area contributed by atoms with Crippen LogP contribution in [0.15, 0.2) is 0 Å². The quantitative estimate of drug-likeness (QED) is 0.561. The Bertz CT molecular complexity index is 181. The van der Waals surface area contributed by atoms with Crippen LogP contribution in [0.5, 0.6) is 0 Å². The van der Waals surface area contributed by atoms with Crippen LogP contribution in [-0.4, -0.2) is 29.3 Å². The minimum absolute atomic E-state index is 0.202. The molecule has 1 aliphatic heterocycles. The molecule has 1 fully saturated rings. The zero-order chi connectivity index (χ0) is 8.65. The number of nitrogens with one attached hydrogen (secondary N) is 1. The fourth-order valence-corrected chi connectivity index (χ4v) is 1.22. The molecule has 1 amide bonds. The first-order valence-corrected chi connectivity index (χ1v) is 3.61. The molecule has 1 saturated heterocycles. The minimum Gasteiger partial charge on any atom is -0.394 e. The maximum absolute atomic E-state index is 13.3. The summed E-state index contributed by atoms with van der Waals surface area (Å²) in [6, 6.07) is -0.433. The Kier molecular flexibility index (Phi) is 1.88. The van der Waals surface area contributed by atoms with Crippen molar-refractivity contribution in [3.8, 4) is 0 Å². The molecule has 0 bridgehead atoms. The van der Waals surface area contributed by atoms with E-state index in [-0.39, 0.29) is 6.61 Å². The predicted octanol–water partition coefficient (Wildman–Crippen LogP) is -0.159. The van der Waals surface area contributed by atoms with Crippen LogP contribution in [0.4, 0.5) is 4.39 Å². The monoisotopic (exact) mass is 161 g/mol. The Hall–Kier alpha value is -0.640. The number of carbonyl (C=O) groups excluding carboxylic acids is 1. The van der Waals surface area contributed by atoms with Crippen LogP contribution in [0.3, 0.4) is 0 Å². The van der Waals surface area contributed by atoms with E-state index in [0.717, 1.165) is 0 Å². The standard InChI is InChI=1S/C7H12FNO2/c1-4-5(3-10)9-6(11)7(4,2)8/h4-5,10H,3H2,1-2H3,(H,9,11)/t4-,5+,7-/m0/s1. The molecule has 3 atom stereocenters. The molecule has 0 aromatic heterocycles. The lowest BCUT2D eigenvalue weighted by molar-refractivity contribution is -0.129. The van der Waals surface area contributed by atoms with Crippen LogP contribution in [0.2, 0.25) is 0 Å². The highest BCUT2D eigenvalue weighted by molar-refractivity contribution is 5.87. The zero-order valence-electron chi connectivity index (χ0n) is 6.60. The Balaban J connectivity index is 2.80. The Morgan fingerprint density at radius 3 is 2.55 bits per heavy atom. The largest absolute Gasteiger partial charge is 0.394 e. The predicted molar refractivity (Wildman–Crippen MR) is 37.7 cm³/mol. The van der Waals surface area contributed by atoms with Crippen molar-refractivity contribution < 1.29 is 14.3 Å². The van der Waals surface area contributed by atoms with E-state index in [4.69, 9.17) is 5.11 Å². The molecule has 0 unspecified atom stereocenters. The normalized spacial score (nSPS) is 44.2. The molecule has 0 spiro atoms. The second-order valence-corrected chi connectivity index (χ2v) is 3.13. The van der Waals surface area contributed by atoms with Gasteiger partial charge in [-0.1, -0.05) is 6.92 Å². The molecule has 1 heterocycles. The number of halogens is 1. The van der Waals surface area contributed by atoms with Crippen LogP contribution in [0.1, 0.15) is 13.8 Å². The van der Waals surface area contributed by atoms with Gasteiger partial charge in [0.25, 0.3) is 5.91 Å². The number of rotatable bonds is 1. The summed E-state index contributed by atoms with van der Waals surface area (Å²) in [5, 5.41) is 11.1. The number of hydrogen-bond donors (Lipinski definition) is 2. The minimum atomic E-state index is -1.83. The molecule has 0 saturated carbocycles. The highest BCUT2D eigenvalue weighted by Crippen LogP contribution is 2.30. The maximum atomic E-state index is 13.3. The maximum Gasteiger partial charge on any atom is 0.258 e. The summed E-state index contributed by atoms with van der Waals surface area (Å²) in [5.74, 6) is -1.08. The highest BCUT2D eigenvalue weighted by Gasteiger charge is 2.49. The van der Waals surface area contributed by atoms with Gasteiger partial charge in [0.15, 0.2) is 5.67 Å². The van der Waals surface area contributed by atoms with Crippen molar-refractivity contribution in [3.63, 3.8) is 0 Å². The van der Waals surface area contributed by atoms with Gasteiger partial charge in [-0.3, -0.25) is 4.79 Å². The van der Waals surface area contributed by atoms with Gasteiger partial charge in [0, 0.05) is 5.92 Å². The fraction of sp³-hybridized carbons (Fsp3) is 0.857. The van der Waals surface area contributed by atoms with Crippen molar-refractivity contribution in [3.05, 3.63) is 0 Å². The van der Waals surface area contributed by atoms with E-state index in [1.807, 2.05) is 0 Å². The Labute approximate surface area is 64.6 Å². The number of hydrogen-bond acceptors (Lipinski definition) is 2. The van der Waals surface area contributed by atoms with E-state index < -0.39 is 23.5 Å². The van der Waals surface area contributed by atoms with Gasteiger partial charge >= 0.3 is 0 Å². The lowest BCUT2D eigenvalue weighted by atomic mass is 9.91. The lowest BCUT2D eigenvalue weighted by Gasteiger charge is -2.17. The van der Waals surface area contributed by atoms with Crippen molar-refractivity contribution in [2.45, 2.75) is 25.6 Å². The van der Waals surface area contributed by atoms with Gasteiger partial charge in [-0.15, -0.1) is 0 Å². The lowest BCUT2D eigenvalue weighted by Crippen LogP contribution is -2.33. The average Bonchev–Trinajstić information content (AvgIpc) is 2.14. The number of amides is 1. The average molecular weight is 161 g/mol. The SMILES string of the molecule is C[C@H]1[C@@H](CO)NC(=O)[C@@]1(C)F. The number of aliphatic hydroxyl groups excluding tert-OH is 1. The van der Waals surface area contributed by atoms with Gasteiger partial charge in [-0.25, -0.2) is 4.39 Å². The third-order valence-corrected chi connectivity index (χ3v) is 2.42. The molecule has 2 N–H and O–H groups in total. The third-order valence-electron chi connectivity index (χ3n) is 2.42. The molecule has 0 aromatic carbocycles. The first-order chi connectivity index (χ1) is 5.00. The van der Waals surface area contributed by atoms with Crippen molar-refractivity contribution in [1.29, 1.82) is 0 Å². The van der Waals surface area contributed by atoms with Gasteiger partial charge < -0.3 is 10.4 Å². The van der Waals surface area contributed by atoms with Gasteiger partial charge in [0.05, 0.1) is 12.6 Å². The topological polar surface area (TPSA) is 49.3 Å². The van der Waals surface area contributed by atoms with Crippen LogP contribution in [0.25, 0.3) is 0 Å². The third kappa shape index (κ3) is 1.11. The van der Waals surface area contributed by atoms with Gasteiger partial charge in [-0.2, -0.15) is 0 Å². The van der Waals surface area contributed by atoms with Crippen LogP contribution >= 0.6 is 0 Å². The second kappa shape index (κ2) is 2.44. The summed E-state index contributed by atoms with van der Waals surface area (Å²) in [4.78, 5) is 10.9. The van der Waals surface area contributed by atoms with Gasteiger partial charge in [-0.05, 0) is 6.92 Å². The Morgan fingerprint density at radius 1 is 1.82 bits per heavy atom. The number of aliphatic hydroxyl groups is 1. The summed E-state index contributed by atoms with van der Waals surface area (Å²) in [5.41, 5.74) is -1.83. The van der Waals surface area contributed by atoms with E-state index in [2.05, 4.69) is 5.32 Å². The smallest absolute Gasteiger partial charge is 0.258 e. The fourth-order valence-electron chi connectivity index (χ4n) is 1.22. The summed E-state index contributed by atoms with van der Waals surface area (Å²) >= 11 is 0. The molecular weight excluding hydrogens is 149 g/mol. The molecule has 4 heteroatoms. The van der Waals surface area contributed by atoms with E-state index >= 15 is 0 Å². The first kappa shape index (κ1) is 8.46. The summed E-state index contributed by atoms with van der Waals surface area (Å²) in [6.45, 7) is 2.65. The molecule has 0 aliphatic carbocycles. The molecule has 64 valence electrons. The van der Waals surface area contributed by atoms with E-state index in [0.29, 0.717) is 0 Å². The van der Waals surface area contributed by atoms with E-state index in [1.54, 1.807) is 6.92 Å². The summed E-state index contributed by atoms with van der Waals surface area (Å²) in [7, 11) is 0. The van der Waals surface area contributed by atoms with E-state index in [1.165, 1.54) is 6.92 Å². The molecular formula is C7H12FNO2. The summed E-state index contributed by atoms with van der Waals surface area (Å²) < 4.78 is 13.3. The second-order valence-electron chi connectivity index (χ2n) is 3.13. The van der Waals surface area contributed by atoms with Crippen molar-refractivity contribution in [1.82, 2.24) is 5.32 Å². The molecule has 1 rings (SSSR count). The molecule has 0 radical (unpaired) electrons. The van der Waals surface area contributed by atoms with Gasteiger partial charge in [0.1, 0.15) is 0 Å². The molecule has 0 aromatic rings. The van der Waals surface area contributed by atoms with Crippen LogP contribution in [-0.2, 0) is 4.79 Å². The summed E-state index contributed by atoms with van der Waals surface area (Å²) in [6.07, 6.45) is 0. The number of alkyl halides is 1. The van der Waals surface area contributed by atoms with Crippen molar-refractivity contribution in [2.24, 2.45) is 5.92 Å². The van der Waals surface area contributed by atoms with Crippen LogP contribution in [0, 0.1) is 5.92 Å². The molecule has 11 heavy (non-hydrogen) atoms. The van der Waals surface area contributed by atoms with Crippen LogP contribution < -0.4 is 5.32 Å². The van der Waals surface area contributed by atoms with Gasteiger partial charge in [0.2, 0.25) is 0 Å². The highest BCUT2D eigenvalue weighted by atomic mass is 19.1.